The summed E-state index contributed by atoms with van der Waals surface area (Å²) in [5.41, 5.74) is 1.23. The molecule has 0 fully saturated rings. The lowest BCUT2D eigenvalue weighted by molar-refractivity contribution is -0.117. The minimum atomic E-state index is -1.23. The van der Waals surface area contributed by atoms with Crippen LogP contribution in [0.2, 0.25) is 0 Å². The molecule has 114 valence electrons. The maximum absolute atomic E-state index is 12.5. The molecular formula is C16H15NO4S. The number of phenols is 1. The second-order valence-electron chi connectivity index (χ2n) is 5.27. The molecule has 3 N–H and O–H groups in total. The Hall–Kier alpha value is -2.34. The van der Waals surface area contributed by atoms with Crippen molar-refractivity contribution >= 4 is 28.9 Å². The normalized spacial score (nSPS) is 16.8. The highest BCUT2D eigenvalue weighted by atomic mass is 32.1. The Labute approximate surface area is 131 Å². The molecule has 1 atom stereocenters. The van der Waals surface area contributed by atoms with Crippen LogP contribution < -0.4 is 5.32 Å². The average Bonchev–Trinajstić information content (AvgIpc) is 2.97. The summed E-state index contributed by atoms with van der Waals surface area (Å²) >= 11 is 1.67. The van der Waals surface area contributed by atoms with Crippen LogP contribution >= 0.6 is 11.3 Å². The number of fused-ring (bicyclic) bond motifs is 1. The molecule has 1 aromatic carbocycles. The van der Waals surface area contributed by atoms with E-state index in [1.807, 2.05) is 11.4 Å². The molecule has 1 aromatic heterocycles. The van der Waals surface area contributed by atoms with Crippen LogP contribution in [0.25, 0.3) is 0 Å². The topological polar surface area (TPSA) is 86.6 Å². The third kappa shape index (κ3) is 2.69. The minimum Gasteiger partial charge on any atom is -0.507 e. The molecule has 0 spiro atoms. The molecule has 2 aromatic rings. The summed E-state index contributed by atoms with van der Waals surface area (Å²) in [5.74, 6) is -1.88. The molecule has 1 heterocycles. The maximum Gasteiger partial charge on any atom is 0.339 e. The molecule has 0 saturated carbocycles. The lowest BCUT2D eigenvalue weighted by Crippen LogP contribution is -2.24. The molecule has 0 radical (unpaired) electrons. The fraction of sp³-hybridized carbons (Fsp3) is 0.250. The number of nitrogens with one attached hydrogen (secondary N) is 1. The Bertz CT molecular complexity index is 737. The van der Waals surface area contributed by atoms with Crippen molar-refractivity contribution in [1.82, 2.24) is 0 Å². The van der Waals surface area contributed by atoms with Gasteiger partial charge >= 0.3 is 5.97 Å². The van der Waals surface area contributed by atoms with Crippen LogP contribution in [0.15, 0.2) is 29.6 Å². The first-order valence-corrected chi connectivity index (χ1v) is 7.87. The number of aryl methyl sites for hydroxylation is 1. The summed E-state index contributed by atoms with van der Waals surface area (Å²) in [7, 11) is 0. The molecule has 6 heteroatoms. The van der Waals surface area contributed by atoms with Gasteiger partial charge in [-0.3, -0.25) is 4.79 Å². The number of hydrogen-bond acceptors (Lipinski definition) is 4. The van der Waals surface area contributed by atoms with E-state index in [1.54, 1.807) is 11.3 Å². The number of carbonyl (C=O) groups excluding carboxylic acids is 1. The smallest absolute Gasteiger partial charge is 0.339 e. The van der Waals surface area contributed by atoms with Gasteiger partial charge < -0.3 is 15.5 Å². The summed E-state index contributed by atoms with van der Waals surface area (Å²) in [4.78, 5) is 24.7. The second kappa shape index (κ2) is 5.81. The number of benzene rings is 1. The molecule has 3 rings (SSSR count). The highest BCUT2D eigenvalue weighted by Gasteiger charge is 2.27. The van der Waals surface area contributed by atoms with Crippen molar-refractivity contribution in [2.75, 3.05) is 5.32 Å². The van der Waals surface area contributed by atoms with Gasteiger partial charge in [0.05, 0.1) is 5.92 Å². The molecule has 0 bridgehead atoms. The molecule has 5 nitrogen and oxygen atoms in total. The molecule has 22 heavy (non-hydrogen) atoms. The summed E-state index contributed by atoms with van der Waals surface area (Å²) in [6, 6.07) is 6.03. The highest BCUT2D eigenvalue weighted by molar-refractivity contribution is 7.10. The van der Waals surface area contributed by atoms with Crippen molar-refractivity contribution in [3.05, 3.63) is 45.6 Å². The molecule has 0 aliphatic heterocycles. The lowest BCUT2D eigenvalue weighted by atomic mass is 9.87. The van der Waals surface area contributed by atoms with Crippen LogP contribution in [-0.4, -0.2) is 22.1 Å². The third-order valence-corrected chi connectivity index (χ3v) is 4.86. The zero-order chi connectivity index (χ0) is 15.7. The van der Waals surface area contributed by atoms with Crippen LogP contribution in [-0.2, 0) is 11.2 Å². The number of thiophene rings is 1. The summed E-state index contributed by atoms with van der Waals surface area (Å²) in [6.07, 6.45) is 2.78. The van der Waals surface area contributed by atoms with Crippen molar-refractivity contribution in [1.29, 1.82) is 0 Å². The van der Waals surface area contributed by atoms with Crippen molar-refractivity contribution in [2.45, 2.75) is 25.2 Å². The number of hydrogen-bond donors (Lipinski definition) is 3. The van der Waals surface area contributed by atoms with Crippen molar-refractivity contribution in [3.63, 3.8) is 0 Å². The maximum atomic E-state index is 12.5. The number of amides is 1. The Morgan fingerprint density at radius 3 is 2.86 bits per heavy atom. The van der Waals surface area contributed by atoms with Gasteiger partial charge in [-0.1, -0.05) is 0 Å². The first kappa shape index (κ1) is 14.6. The monoisotopic (exact) mass is 317 g/mol. The highest BCUT2D eigenvalue weighted by Crippen LogP contribution is 2.35. The van der Waals surface area contributed by atoms with Gasteiger partial charge in [0.2, 0.25) is 5.91 Å². The van der Waals surface area contributed by atoms with Gasteiger partial charge in [-0.2, -0.15) is 0 Å². The zero-order valence-corrected chi connectivity index (χ0v) is 12.5. The van der Waals surface area contributed by atoms with E-state index in [4.69, 9.17) is 5.11 Å². The number of aromatic carboxylic acids is 1. The molecule has 1 unspecified atom stereocenters. The van der Waals surface area contributed by atoms with E-state index in [0.717, 1.165) is 24.8 Å². The van der Waals surface area contributed by atoms with Crippen LogP contribution in [0.3, 0.4) is 0 Å². The van der Waals surface area contributed by atoms with Crippen molar-refractivity contribution in [3.8, 4) is 5.75 Å². The van der Waals surface area contributed by atoms with Gasteiger partial charge in [-0.05, 0) is 54.5 Å². The lowest BCUT2D eigenvalue weighted by Gasteiger charge is -2.22. The van der Waals surface area contributed by atoms with E-state index in [2.05, 4.69) is 5.32 Å². The number of aromatic hydroxyl groups is 1. The number of carboxylic acid groups (broad SMARTS) is 1. The van der Waals surface area contributed by atoms with E-state index >= 15 is 0 Å². The van der Waals surface area contributed by atoms with E-state index in [1.165, 1.54) is 23.1 Å². The number of rotatable bonds is 3. The first-order chi connectivity index (χ1) is 10.6. The SMILES string of the molecule is O=C(O)c1cc(NC(=O)C2CCCc3sccc32)ccc1O. The number of carbonyl (C=O) groups is 2. The van der Waals surface area contributed by atoms with Gasteiger partial charge in [0, 0.05) is 10.6 Å². The summed E-state index contributed by atoms with van der Waals surface area (Å²) < 4.78 is 0. The van der Waals surface area contributed by atoms with Crippen LogP contribution in [0.5, 0.6) is 5.75 Å². The average molecular weight is 317 g/mol. The Morgan fingerprint density at radius 1 is 1.27 bits per heavy atom. The van der Waals surface area contributed by atoms with Gasteiger partial charge in [-0.25, -0.2) is 4.79 Å². The molecule has 1 aliphatic carbocycles. The van der Waals surface area contributed by atoms with Gasteiger partial charge in [0.15, 0.2) is 0 Å². The molecule has 1 amide bonds. The summed E-state index contributed by atoms with van der Waals surface area (Å²) in [6.45, 7) is 0. The number of anilines is 1. The largest absolute Gasteiger partial charge is 0.507 e. The Balaban J connectivity index is 1.81. The predicted molar refractivity (Wildman–Crippen MR) is 83.7 cm³/mol. The van der Waals surface area contributed by atoms with Crippen LogP contribution in [0.1, 0.15) is 39.6 Å². The fourth-order valence-electron chi connectivity index (χ4n) is 2.77. The van der Waals surface area contributed by atoms with Gasteiger partial charge in [0.1, 0.15) is 11.3 Å². The molecule has 0 saturated heterocycles. The zero-order valence-electron chi connectivity index (χ0n) is 11.7. The predicted octanol–water partition coefficient (Wildman–Crippen LogP) is 3.21. The minimum absolute atomic E-state index is 0.138. The summed E-state index contributed by atoms with van der Waals surface area (Å²) in [5, 5.41) is 23.3. The molecular weight excluding hydrogens is 302 g/mol. The van der Waals surface area contributed by atoms with Gasteiger partial charge in [0.25, 0.3) is 0 Å². The first-order valence-electron chi connectivity index (χ1n) is 6.99. The van der Waals surface area contributed by atoms with Gasteiger partial charge in [-0.15, -0.1) is 11.3 Å². The van der Waals surface area contributed by atoms with E-state index < -0.39 is 5.97 Å². The number of carboxylic acids is 1. The quantitative estimate of drug-likeness (QED) is 0.759. The van der Waals surface area contributed by atoms with Crippen molar-refractivity contribution in [2.24, 2.45) is 0 Å². The van der Waals surface area contributed by atoms with Crippen LogP contribution in [0.4, 0.5) is 5.69 Å². The van der Waals surface area contributed by atoms with Crippen molar-refractivity contribution < 1.29 is 19.8 Å². The van der Waals surface area contributed by atoms with E-state index in [9.17, 15) is 14.7 Å². The second-order valence-corrected chi connectivity index (χ2v) is 6.27. The van der Waals surface area contributed by atoms with E-state index in [0.29, 0.717) is 5.69 Å². The van der Waals surface area contributed by atoms with E-state index in [-0.39, 0.29) is 23.1 Å². The van der Waals surface area contributed by atoms with Crippen LogP contribution in [0, 0.1) is 0 Å². The Kier molecular flexibility index (Phi) is 3.85. The standard InChI is InChI=1S/C16H15NO4S/c18-13-5-4-9(8-12(13)16(20)21)17-15(19)11-2-1-3-14-10(11)6-7-22-14/h4-8,11,18H,1-3H2,(H,17,19)(H,20,21). The fourth-order valence-corrected chi connectivity index (χ4v) is 3.76. The Morgan fingerprint density at radius 2 is 2.09 bits per heavy atom. The third-order valence-electron chi connectivity index (χ3n) is 3.86. The molecule has 1 aliphatic rings.